The van der Waals surface area contributed by atoms with Gasteiger partial charge in [-0.2, -0.15) is 5.26 Å². The Bertz CT molecular complexity index is 570. The number of halogens is 1. The quantitative estimate of drug-likeness (QED) is 0.866. The van der Waals surface area contributed by atoms with E-state index in [1.165, 1.54) is 5.01 Å². The normalized spacial score (nSPS) is 16.3. The van der Waals surface area contributed by atoms with Crippen molar-refractivity contribution >= 4 is 23.2 Å². The van der Waals surface area contributed by atoms with Crippen LogP contribution in [0.2, 0.25) is 5.02 Å². The highest BCUT2D eigenvalue weighted by atomic mass is 35.5. The predicted octanol–water partition coefficient (Wildman–Crippen LogP) is 3.10. The Kier molecular flexibility index (Phi) is 5.51. The van der Waals surface area contributed by atoms with Gasteiger partial charge in [-0.05, 0) is 37.0 Å². The highest BCUT2D eigenvalue weighted by Crippen LogP contribution is 2.20. The molecule has 1 saturated heterocycles. The monoisotopic (exact) mass is 320 g/mol. The Morgan fingerprint density at radius 1 is 1.36 bits per heavy atom. The molecule has 1 aliphatic heterocycles. The molecule has 5 nitrogen and oxygen atoms in total. The largest absolute Gasteiger partial charge is 0.373 e. The van der Waals surface area contributed by atoms with Gasteiger partial charge in [0.05, 0.1) is 6.54 Å². The Balaban J connectivity index is 2.16. The maximum atomic E-state index is 12.8. The number of nitrogens with one attached hydrogen (secondary N) is 1. The summed E-state index contributed by atoms with van der Waals surface area (Å²) in [5.74, 6) is 0.0187. The van der Waals surface area contributed by atoms with E-state index >= 15 is 0 Å². The number of hydrogen-bond acceptors (Lipinski definition) is 4. The van der Waals surface area contributed by atoms with Crippen molar-refractivity contribution in [1.82, 2.24) is 10.0 Å². The van der Waals surface area contributed by atoms with Crippen LogP contribution in [0.5, 0.6) is 0 Å². The average Bonchev–Trinajstić information content (AvgIpc) is 2.51. The van der Waals surface area contributed by atoms with Crippen LogP contribution in [0.3, 0.4) is 0 Å². The summed E-state index contributed by atoms with van der Waals surface area (Å²) in [5, 5.41) is 16.1. The van der Waals surface area contributed by atoms with E-state index in [0.717, 1.165) is 18.5 Å². The summed E-state index contributed by atoms with van der Waals surface area (Å²) in [6.07, 6.45) is 3.95. The molecule has 1 heterocycles. The number of hydrazine groups is 1. The third kappa shape index (κ3) is 3.83. The van der Waals surface area contributed by atoms with Crippen molar-refractivity contribution in [3.05, 3.63) is 29.3 Å². The lowest BCUT2D eigenvalue weighted by atomic mass is 10.0. The second-order valence-corrected chi connectivity index (χ2v) is 6.20. The van der Waals surface area contributed by atoms with Crippen molar-refractivity contribution in [1.29, 1.82) is 5.26 Å². The number of amides is 1. The minimum absolute atomic E-state index is 0.0729. The summed E-state index contributed by atoms with van der Waals surface area (Å²) >= 11 is 6.00. The van der Waals surface area contributed by atoms with E-state index in [1.807, 2.05) is 26.0 Å². The van der Waals surface area contributed by atoms with Crippen molar-refractivity contribution in [2.24, 2.45) is 5.92 Å². The van der Waals surface area contributed by atoms with E-state index in [9.17, 15) is 10.1 Å². The van der Waals surface area contributed by atoms with Crippen LogP contribution >= 0.6 is 11.6 Å². The molecule has 1 fully saturated rings. The van der Waals surface area contributed by atoms with Crippen molar-refractivity contribution in [3.63, 3.8) is 0 Å². The van der Waals surface area contributed by atoms with Gasteiger partial charge in [0.15, 0.2) is 6.19 Å². The zero-order valence-electron chi connectivity index (χ0n) is 12.9. The fraction of sp³-hybridized carbons (Fsp3) is 0.500. The molecule has 1 aromatic rings. The van der Waals surface area contributed by atoms with Gasteiger partial charge in [0, 0.05) is 17.3 Å². The van der Waals surface area contributed by atoms with Gasteiger partial charge >= 0.3 is 0 Å². The molecule has 118 valence electrons. The molecule has 1 aliphatic rings. The van der Waals surface area contributed by atoms with E-state index in [0.29, 0.717) is 18.1 Å². The maximum Gasteiger partial charge on any atom is 0.264 e. The second-order valence-electron chi connectivity index (χ2n) is 5.77. The number of carbonyl (C=O) groups excluding carboxylic acids is 1. The fourth-order valence-electron chi connectivity index (χ4n) is 2.53. The number of benzene rings is 1. The van der Waals surface area contributed by atoms with Crippen molar-refractivity contribution < 1.29 is 4.79 Å². The minimum Gasteiger partial charge on any atom is -0.373 e. The minimum atomic E-state index is -0.396. The van der Waals surface area contributed by atoms with Crippen molar-refractivity contribution in [3.8, 4) is 6.19 Å². The molecule has 0 aromatic heterocycles. The molecule has 0 radical (unpaired) electrons. The molecule has 1 atom stereocenters. The first-order chi connectivity index (χ1) is 10.5. The Hall–Kier alpha value is -1.93. The van der Waals surface area contributed by atoms with Crippen LogP contribution in [-0.4, -0.2) is 35.1 Å². The SMILES string of the molecule is CC(C)C(Nc1cccc(Cl)c1)C(=O)N1CCCCN1C#N. The molecular weight excluding hydrogens is 300 g/mol. The third-order valence-electron chi connectivity index (χ3n) is 3.73. The summed E-state index contributed by atoms with van der Waals surface area (Å²) < 4.78 is 0. The maximum absolute atomic E-state index is 12.8. The molecule has 1 N–H and O–H groups in total. The second kappa shape index (κ2) is 7.37. The average molecular weight is 321 g/mol. The van der Waals surface area contributed by atoms with Crippen molar-refractivity contribution in [2.45, 2.75) is 32.7 Å². The predicted molar refractivity (Wildman–Crippen MR) is 87.0 cm³/mol. The number of nitrogens with zero attached hydrogens (tertiary/aromatic N) is 3. The van der Waals surface area contributed by atoms with Gasteiger partial charge in [0.1, 0.15) is 6.04 Å². The number of anilines is 1. The standard InChI is InChI=1S/C16H21ClN4O/c1-12(2)15(19-14-7-5-6-13(17)10-14)16(22)21-9-4-3-8-20(21)11-18/h5-7,10,12,15,19H,3-4,8-9H2,1-2H3. The van der Waals surface area contributed by atoms with Crippen molar-refractivity contribution in [2.75, 3.05) is 18.4 Å². The smallest absolute Gasteiger partial charge is 0.264 e. The summed E-state index contributed by atoms with van der Waals surface area (Å²) in [7, 11) is 0. The Labute approximate surface area is 136 Å². The zero-order valence-corrected chi connectivity index (χ0v) is 13.7. The van der Waals surface area contributed by atoms with Crippen LogP contribution in [0.4, 0.5) is 5.69 Å². The van der Waals surface area contributed by atoms with Gasteiger partial charge in [-0.15, -0.1) is 0 Å². The lowest BCUT2D eigenvalue weighted by Gasteiger charge is -2.37. The van der Waals surface area contributed by atoms with Crippen LogP contribution < -0.4 is 5.32 Å². The molecule has 22 heavy (non-hydrogen) atoms. The van der Waals surface area contributed by atoms with E-state index in [-0.39, 0.29) is 11.8 Å². The number of rotatable bonds is 4. The molecule has 2 rings (SSSR count). The van der Waals surface area contributed by atoms with Crippen LogP contribution in [0.1, 0.15) is 26.7 Å². The molecular formula is C16H21ClN4O. The molecule has 0 bridgehead atoms. The summed E-state index contributed by atoms with van der Waals surface area (Å²) in [4.78, 5) is 12.8. The molecule has 1 aromatic carbocycles. The highest BCUT2D eigenvalue weighted by Gasteiger charge is 2.31. The van der Waals surface area contributed by atoms with Crippen LogP contribution in [0, 0.1) is 17.4 Å². The van der Waals surface area contributed by atoms with Gasteiger partial charge in [-0.25, -0.2) is 10.0 Å². The summed E-state index contributed by atoms with van der Waals surface area (Å²) in [6.45, 7) is 5.17. The van der Waals surface area contributed by atoms with Crippen LogP contribution in [0.15, 0.2) is 24.3 Å². The fourth-order valence-corrected chi connectivity index (χ4v) is 2.72. The Morgan fingerprint density at radius 2 is 2.09 bits per heavy atom. The van der Waals surface area contributed by atoms with Gasteiger partial charge in [-0.3, -0.25) is 4.79 Å². The van der Waals surface area contributed by atoms with E-state index in [4.69, 9.17) is 11.6 Å². The topological polar surface area (TPSA) is 59.4 Å². The van der Waals surface area contributed by atoms with E-state index in [2.05, 4.69) is 11.5 Å². The van der Waals surface area contributed by atoms with Crippen LogP contribution in [0.25, 0.3) is 0 Å². The van der Waals surface area contributed by atoms with Gasteiger partial charge in [-0.1, -0.05) is 31.5 Å². The number of carbonyl (C=O) groups is 1. The van der Waals surface area contributed by atoms with Gasteiger partial charge in [0.2, 0.25) is 0 Å². The highest BCUT2D eigenvalue weighted by molar-refractivity contribution is 6.30. The van der Waals surface area contributed by atoms with Gasteiger partial charge in [0.25, 0.3) is 5.91 Å². The van der Waals surface area contributed by atoms with E-state index < -0.39 is 6.04 Å². The first-order valence-corrected chi connectivity index (χ1v) is 7.91. The van der Waals surface area contributed by atoms with Gasteiger partial charge < -0.3 is 5.32 Å². The summed E-state index contributed by atoms with van der Waals surface area (Å²) in [5.41, 5.74) is 0.806. The number of nitriles is 1. The molecule has 1 unspecified atom stereocenters. The number of hydrogen-bond donors (Lipinski definition) is 1. The first kappa shape index (κ1) is 16.4. The van der Waals surface area contributed by atoms with E-state index in [1.54, 1.807) is 17.1 Å². The summed E-state index contributed by atoms with van der Waals surface area (Å²) in [6, 6.07) is 6.91. The molecule has 0 aliphatic carbocycles. The molecule has 0 spiro atoms. The molecule has 0 saturated carbocycles. The zero-order chi connectivity index (χ0) is 16.1. The van der Waals surface area contributed by atoms with Crippen LogP contribution in [-0.2, 0) is 4.79 Å². The molecule has 1 amide bonds. The third-order valence-corrected chi connectivity index (χ3v) is 3.97. The lowest BCUT2D eigenvalue weighted by molar-refractivity contribution is -0.148. The Morgan fingerprint density at radius 3 is 2.73 bits per heavy atom. The first-order valence-electron chi connectivity index (χ1n) is 7.53. The lowest BCUT2D eigenvalue weighted by Crippen LogP contribution is -2.54. The molecule has 6 heteroatoms.